The Hall–Kier alpha value is -0.680. The fourth-order valence-corrected chi connectivity index (χ4v) is 3.96. The third-order valence-corrected chi connectivity index (χ3v) is 4.92. The first kappa shape index (κ1) is 15.7. The molecule has 0 heterocycles. The summed E-state index contributed by atoms with van der Waals surface area (Å²) in [5.74, 6) is 0. The Morgan fingerprint density at radius 1 is 1.30 bits per heavy atom. The zero-order valence-electron chi connectivity index (χ0n) is 11.5. The second-order valence-corrected chi connectivity index (χ2v) is 6.88. The summed E-state index contributed by atoms with van der Waals surface area (Å²) in [4.78, 5) is 0.359. The highest BCUT2D eigenvalue weighted by atomic mass is 32.2. The first-order valence-corrected chi connectivity index (χ1v) is 7.86. The molecule has 1 fully saturated rings. The number of nitrogens with two attached hydrogens (primary N) is 1. The summed E-state index contributed by atoms with van der Waals surface area (Å²) >= 11 is 1.38. The van der Waals surface area contributed by atoms with Crippen molar-refractivity contribution in [3.63, 3.8) is 0 Å². The average molecular weight is 303 g/mol. The maximum absolute atomic E-state index is 13.2. The highest BCUT2D eigenvalue weighted by Gasteiger charge is 2.34. The van der Waals surface area contributed by atoms with E-state index in [1.165, 1.54) is 17.8 Å². The summed E-state index contributed by atoms with van der Waals surface area (Å²) in [5, 5.41) is 0.329. The van der Waals surface area contributed by atoms with Crippen LogP contribution in [-0.4, -0.2) is 11.3 Å². The number of benzene rings is 1. The van der Waals surface area contributed by atoms with Crippen molar-refractivity contribution < 1.29 is 13.2 Å². The van der Waals surface area contributed by atoms with E-state index in [-0.39, 0.29) is 6.04 Å². The Morgan fingerprint density at radius 2 is 1.95 bits per heavy atom. The van der Waals surface area contributed by atoms with E-state index in [0.717, 1.165) is 25.7 Å². The predicted octanol–water partition coefficient (Wildman–Crippen LogP) is 4.63. The second kappa shape index (κ2) is 6.39. The molecule has 5 heteroatoms. The molecule has 0 aliphatic heterocycles. The van der Waals surface area contributed by atoms with Crippen LogP contribution in [0.2, 0.25) is 0 Å². The van der Waals surface area contributed by atoms with Gasteiger partial charge in [-0.25, -0.2) is 0 Å². The van der Waals surface area contributed by atoms with Gasteiger partial charge < -0.3 is 5.73 Å². The van der Waals surface area contributed by atoms with E-state index in [2.05, 4.69) is 0 Å². The minimum Gasteiger partial charge on any atom is -0.328 e. The number of alkyl halides is 3. The van der Waals surface area contributed by atoms with Gasteiger partial charge in [-0.15, -0.1) is 11.8 Å². The molecule has 0 spiro atoms. The monoisotopic (exact) mass is 303 g/mol. The predicted molar refractivity (Wildman–Crippen MR) is 76.9 cm³/mol. The molecular formula is C15H20F3NS. The first-order chi connectivity index (χ1) is 9.36. The van der Waals surface area contributed by atoms with Gasteiger partial charge in [-0.2, -0.15) is 13.2 Å². The molecule has 20 heavy (non-hydrogen) atoms. The van der Waals surface area contributed by atoms with Gasteiger partial charge >= 0.3 is 6.18 Å². The molecule has 0 amide bonds. The van der Waals surface area contributed by atoms with Crippen LogP contribution in [-0.2, 0) is 12.6 Å². The Bertz CT molecular complexity index is 451. The lowest BCUT2D eigenvalue weighted by Crippen LogP contribution is -2.18. The van der Waals surface area contributed by atoms with E-state index in [0.29, 0.717) is 22.1 Å². The van der Waals surface area contributed by atoms with E-state index in [1.807, 2.05) is 0 Å². The fourth-order valence-electron chi connectivity index (χ4n) is 2.59. The molecule has 1 aliphatic rings. The molecule has 1 atom stereocenters. The van der Waals surface area contributed by atoms with Crippen LogP contribution >= 0.6 is 11.8 Å². The topological polar surface area (TPSA) is 26.0 Å². The Labute approximate surface area is 122 Å². The number of halogens is 3. The maximum Gasteiger partial charge on any atom is 0.417 e. The molecule has 112 valence electrons. The summed E-state index contributed by atoms with van der Waals surface area (Å²) < 4.78 is 39.6. The molecule has 0 aromatic heterocycles. The van der Waals surface area contributed by atoms with Crippen LogP contribution in [0.15, 0.2) is 23.1 Å². The highest BCUT2D eigenvalue weighted by Crippen LogP contribution is 2.42. The van der Waals surface area contributed by atoms with Crippen molar-refractivity contribution in [2.75, 3.05) is 0 Å². The molecule has 1 aromatic carbocycles. The van der Waals surface area contributed by atoms with Crippen molar-refractivity contribution in [3.8, 4) is 0 Å². The number of hydrogen-bond donors (Lipinski definition) is 1. The van der Waals surface area contributed by atoms with Gasteiger partial charge in [-0.1, -0.05) is 18.9 Å². The standard InChI is InChI=1S/C15H20F3NS/c1-10(19)8-11-6-7-14(13(9-11)15(16,17)18)20-12-4-2-3-5-12/h6-7,9-10,12H,2-5,8,19H2,1H3. The number of rotatable bonds is 4. The lowest BCUT2D eigenvalue weighted by atomic mass is 10.0. The van der Waals surface area contributed by atoms with Crippen molar-refractivity contribution >= 4 is 11.8 Å². The van der Waals surface area contributed by atoms with E-state index in [9.17, 15) is 13.2 Å². The van der Waals surface area contributed by atoms with Crippen LogP contribution in [0.4, 0.5) is 13.2 Å². The SMILES string of the molecule is CC(N)Cc1ccc(SC2CCCC2)c(C(F)(F)F)c1. The van der Waals surface area contributed by atoms with Crippen LogP contribution in [0, 0.1) is 0 Å². The third-order valence-electron chi connectivity index (χ3n) is 3.50. The summed E-state index contributed by atoms with van der Waals surface area (Å²) in [5.41, 5.74) is 5.82. The Kier molecular flexibility index (Phi) is 5.02. The first-order valence-electron chi connectivity index (χ1n) is 6.98. The largest absolute Gasteiger partial charge is 0.417 e. The quantitative estimate of drug-likeness (QED) is 0.877. The van der Waals surface area contributed by atoms with Gasteiger partial charge in [-0.3, -0.25) is 0 Å². The summed E-state index contributed by atoms with van der Waals surface area (Å²) in [6.07, 6.45) is 0.461. The number of thioether (sulfide) groups is 1. The van der Waals surface area contributed by atoms with Gasteiger partial charge in [0.1, 0.15) is 0 Å². The zero-order valence-corrected chi connectivity index (χ0v) is 12.4. The molecular weight excluding hydrogens is 283 g/mol. The second-order valence-electron chi connectivity index (χ2n) is 5.53. The number of hydrogen-bond acceptors (Lipinski definition) is 2. The molecule has 1 saturated carbocycles. The molecule has 2 N–H and O–H groups in total. The van der Waals surface area contributed by atoms with Crippen LogP contribution < -0.4 is 5.73 Å². The van der Waals surface area contributed by atoms with Gasteiger partial charge in [0.15, 0.2) is 0 Å². The van der Waals surface area contributed by atoms with E-state index >= 15 is 0 Å². The summed E-state index contributed by atoms with van der Waals surface area (Å²) in [7, 11) is 0. The lowest BCUT2D eigenvalue weighted by Gasteiger charge is -2.17. The molecule has 0 bridgehead atoms. The van der Waals surface area contributed by atoms with Crippen molar-refractivity contribution in [2.24, 2.45) is 5.73 Å². The molecule has 0 saturated heterocycles. The van der Waals surface area contributed by atoms with E-state index < -0.39 is 11.7 Å². The van der Waals surface area contributed by atoms with E-state index in [4.69, 9.17) is 5.73 Å². The van der Waals surface area contributed by atoms with Crippen molar-refractivity contribution in [1.29, 1.82) is 0 Å². The Balaban J connectivity index is 2.25. The van der Waals surface area contributed by atoms with Gasteiger partial charge in [0.05, 0.1) is 5.56 Å². The molecule has 1 nitrogen and oxygen atoms in total. The molecule has 0 radical (unpaired) electrons. The smallest absolute Gasteiger partial charge is 0.328 e. The minimum atomic E-state index is -4.30. The Morgan fingerprint density at radius 3 is 2.50 bits per heavy atom. The maximum atomic E-state index is 13.2. The van der Waals surface area contributed by atoms with Crippen molar-refractivity contribution in [2.45, 2.75) is 61.4 Å². The van der Waals surface area contributed by atoms with Gasteiger partial charge in [-0.05, 0) is 43.9 Å². The average Bonchev–Trinajstić information content (AvgIpc) is 2.82. The van der Waals surface area contributed by atoms with Crippen LogP contribution in [0.5, 0.6) is 0 Å². The van der Waals surface area contributed by atoms with Crippen molar-refractivity contribution in [3.05, 3.63) is 29.3 Å². The minimum absolute atomic E-state index is 0.135. The molecule has 2 rings (SSSR count). The van der Waals surface area contributed by atoms with Crippen LogP contribution in [0.25, 0.3) is 0 Å². The zero-order chi connectivity index (χ0) is 14.8. The third kappa shape index (κ3) is 4.16. The van der Waals surface area contributed by atoms with E-state index in [1.54, 1.807) is 19.1 Å². The molecule has 1 aliphatic carbocycles. The summed E-state index contributed by atoms with van der Waals surface area (Å²) in [6, 6.07) is 4.52. The van der Waals surface area contributed by atoms with Gasteiger partial charge in [0, 0.05) is 16.2 Å². The van der Waals surface area contributed by atoms with Crippen molar-refractivity contribution in [1.82, 2.24) is 0 Å². The fraction of sp³-hybridized carbons (Fsp3) is 0.600. The lowest BCUT2D eigenvalue weighted by molar-refractivity contribution is -0.139. The highest BCUT2D eigenvalue weighted by molar-refractivity contribution is 8.00. The van der Waals surface area contributed by atoms with Crippen LogP contribution in [0.3, 0.4) is 0 Å². The van der Waals surface area contributed by atoms with Gasteiger partial charge in [0.2, 0.25) is 0 Å². The molecule has 1 unspecified atom stereocenters. The van der Waals surface area contributed by atoms with Crippen LogP contribution in [0.1, 0.15) is 43.7 Å². The molecule has 1 aromatic rings. The summed E-state index contributed by atoms with van der Waals surface area (Å²) in [6.45, 7) is 1.80. The van der Waals surface area contributed by atoms with Gasteiger partial charge in [0.25, 0.3) is 0 Å². The normalized spacial score (nSPS) is 18.4.